The molecular weight excluding hydrogens is 403 g/mol. The molecule has 0 bridgehead atoms. The summed E-state index contributed by atoms with van der Waals surface area (Å²) in [6, 6.07) is 4.46. The maximum atomic E-state index is 12.7. The molecule has 28 heavy (non-hydrogen) atoms. The van der Waals surface area contributed by atoms with E-state index in [4.69, 9.17) is 32.7 Å². The number of benzene rings is 1. The molecular formula is C20H30Cl2N2O4. The van der Waals surface area contributed by atoms with Crippen LogP contribution in [-0.2, 0) is 14.3 Å². The molecule has 0 aliphatic carbocycles. The van der Waals surface area contributed by atoms with Crippen LogP contribution >= 0.6 is 23.2 Å². The third-order valence-corrected chi connectivity index (χ3v) is 4.97. The Balaban J connectivity index is 2.80. The van der Waals surface area contributed by atoms with Crippen LogP contribution in [0, 0.1) is 5.92 Å². The minimum Gasteiger partial charge on any atom is -0.444 e. The molecule has 1 aromatic rings. The van der Waals surface area contributed by atoms with Crippen LogP contribution in [0.5, 0.6) is 0 Å². The van der Waals surface area contributed by atoms with E-state index in [1.807, 2.05) is 13.8 Å². The number of halogens is 2. The molecule has 158 valence electrons. The zero-order valence-corrected chi connectivity index (χ0v) is 18.8. The fourth-order valence-corrected chi connectivity index (χ4v) is 2.80. The quantitative estimate of drug-likeness (QED) is 0.621. The number of hydrogen-bond acceptors (Lipinski definition) is 4. The highest BCUT2D eigenvalue weighted by Gasteiger charge is 2.28. The first-order valence-corrected chi connectivity index (χ1v) is 9.99. The zero-order valence-electron chi connectivity index (χ0n) is 17.3. The Morgan fingerprint density at radius 2 is 1.82 bits per heavy atom. The van der Waals surface area contributed by atoms with Crippen LogP contribution in [0.3, 0.4) is 0 Å². The minimum absolute atomic E-state index is 0.0708. The Morgan fingerprint density at radius 1 is 1.18 bits per heavy atom. The van der Waals surface area contributed by atoms with Crippen molar-refractivity contribution in [2.75, 3.05) is 13.7 Å². The first-order valence-electron chi connectivity index (χ1n) is 9.23. The van der Waals surface area contributed by atoms with Gasteiger partial charge in [-0.25, -0.2) is 4.79 Å². The number of carbonyl (C=O) groups excluding carboxylic acids is 2. The van der Waals surface area contributed by atoms with Crippen molar-refractivity contribution in [3.05, 3.63) is 33.8 Å². The second-order valence-electron chi connectivity index (χ2n) is 7.65. The largest absolute Gasteiger partial charge is 0.444 e. The smallest absolute Gasteiger partial charge is 0.408 e. The Bertz CT molecular complexity index is 677. The average molecular weight is 433 g/mol. The van der Waals surface area contributed by atoms with Gasteiger partial charge in [0.15, 0.2) is 0 Å². The molecule has 6 nitrogen and oxygen atoms in total. The molecule has 0 heterocycles. The number of hydrogen-bond donors (Lipinski definition) is 2. The number of nitrogens with one attached hydrogen (secondary N) is 2. The number of methoxy groups -OCH3 is 1. The SMILES string of the molecule is CCC(C)C(NC(=O)OC(C)(C)C)C(=O)NCC(OC)c1ccc(Cl)c(Cl)c1. The van der Waals surface area contributed by atoms with Gasteiger partial charge in [0.05, 0.1) is 16.1 Å². The molecule has 0 radical (unpaired) electrons. The Hall–Kier alpha value is -1.50. The lowest BCUT2D eigenvalue weighted by atomic mass is 9.98. The van der Waals surface area contributed by atoms with Gasteiger partial charge >= 0.3 is 6.09 Å². The van der Waals surface area contributed by atoms with Gasteiger partial charge in [0.25, 0.3) is 0 Å². The van der Waals surface area contributed by atoms with Crippen LogP contribution in [0.15, 0.2) is 18.2 Å². The highest BCUT2D eigenvalue weighted by atomic mass is 35.5. The van der Waals surface area contributed by atoms with Crippen LogP contribution in [-0.4, -0.2) is 37.3 Å². The van der Waals surface area contributed by atoms with E-state index in [-0.39, 0.29) is 18.4 Å². The Labute approximate surface area is 177 Å². The van der Waals surface area contributed by atoms with E-state index in [2.05, 4.69) is 10.6 Å². The molecule has 0 fully saturated rings. The minimum atomic E-state index is -0.717. The van der Waals surface area contributed by atoms with Crippen molar-refractivity contribution in [2.24, 2.45) is 5.92 Å². The summed E-state index contributed by atoms with van der Waals surface area (Å²) in [5.41, 5.74) is 0.146. The van der Waals surface area contributed by atoms with Gasteiger partial charge in [0, 0.05) is 13.7 Å². The molecule has 3 unspecified atom stereocenters. The lowest BCUT2D eigenvalue weighted by molar-refractivity contribution is -0.125. The normalized spacial score (nSPS) is 14.7. The fourth-order valence-electron chi connectivity index (χ4n) is 2.49. The summed E-state index contributed by atoms with van der Waals surface area (Å²) in [6.07, 6.45) is -0.312. The number of carbonyl (C=O) groups is 2. The summed E-state index contributed by atoms with van der Waals surface area (Å²) in [5, 5.41) is 6.37. The molecule has 1 aromatic carbocycles. The molecule has 1 rings (SSSR count). The lowest BCUT2D eigenvalue weighted by Gasteiger charge is -2.27. The van der Waals surface area contributed by atoms with Gasteiger partial charge < -0.3 is 20.1 Å². The van der Waals surface area contributed by atoms with Crippen molar-refractivity contribution in [3.8, 4) is 0 Å². The Morgan fingerprint density at radius 3 is 2.32 bits per heavy atom. The van der Waals surface area contributed by atoms with E-state index in [1.54, 1.807) is 46.1 Å². The summed E-state index contributed by atoms with van der Waals surface area (Å²) in [7, 11) is 1.55. The standard InChI is InChI=1S/C20H30Cl2N2O4/c1-7-12(2)17(24-19(26)28-20(3,4)5)18(25)23-11-16(27-6)13-8-9-14(21)15(22)10-13/h8-10,12,16-17H,7,11H2,1-6H3,(H,23,25)(H,24,26). The first-order chi connectivity index (χ1) is 13.0. The van der Waals surface area contributed by atoms with Crippen molar-refractivity contribution in [1.82, 2.24) is 10.6 Å². The summed E-state index contributed by atoms with van der Waals surface area (Å²) >= 11 is 12.0. The molecule has 0 aliphatic rings. The van der Waals surface area contributed by atoms with Crippen molar-refractivity contribution in [1.29, 1.82) is 0 Å². The van der Waals surface area contributed by atoms with E-state index in [0.29, 0.717) is 16.5 Å². The third kappa shape index (κ3) is 7.86. The second kappa shape index (κ2) is 10.9. The van der Waals surface area contributed by atoms with E-state index in [9.17, 15) is 9.59 Å². The van der Waals surface area contributed by atoms with Crippen LogP contribution < -0.4 is 10.6 Å². The number of amides is 2. The van der Waals surface area contributed by atoms with E-state index >= 15 is 0 Å². The highest BCUT2D eigenvalue weighted by Crippen LogP contribution is 2.26. The molecule has 8 heteroatoms. The summed E-state index contributed by atoms with van der Waals surface area (Å²) in [4.78, 5) is 24.8. The zero-order chi connectivity index (χ0) is 21.5. The van der Waals surface area contributed by atoms with E-state index in [0.717, 1.165) is 5.56 Å². The summed E-state index contributed by atoms with van der Waals surface area (Å²) < 4.78 is 10.7. The molecule has 0 saturated carbocycles. The van der Waals surface area contributed by atoms with Crippen LogP contribution in [0.25, 0.3) is 0 Å². The maximum Gasteiger partial charge on any atom is 0.408 e. The number of alkyl carbamates (subject to hydrolysis) is 1. The number of ether oxygens (including phenoxy) is 2. The second-order valence-corrected chi connectivity index (χ2v) is 8.47. The number of rotatable bonds is 8. The van der Waals surface area contributed by atoms with E-state index < -0.39 is 23.8 Å². The Kier molecular flexibility index (Phi) is 9.54. The van der Waals surface area contributed by atoms with Gasteiger partial charge in [-0.1, -0.05) is 49.5 Å². The molecule has 2 N–H and O–H groups in total. The van der Waals surface area contributed by atoms with Gasteiger partial charge in [0.1, 0.15) is 11.6 Å². The maximum absolute atomic E-state index is 12.7. The molecule has 0 aliphatic heterocycles. The van der Waals surface area contributed by atoms with Crippen molar-refractivity contribution >= 4 is 35.2 Å². The third-order valence-electron chi connectivity index (χ3n) is 4.23. The highest BCUT2D eigenvalue weighted by molar-refractivity contribution is 6.42. The predicted octanol–water partition coefficient (Wildman–Crippen LogP) is 4.74. The monoisotopic (exact) mass is 432 g/mol. The first kappa shape index (κ1) is 24.5. The van der Waals surface area contributed by atoms with Gasteiger partial charge in [0.2, 0.25) is 5.91 Å². The van der Waals surface area contributed by atoms with Gasteiger partial charge in [-0.2, -0.15) is 0 Å². The molecule has 3 atom stereocenters. The predicted molar refractivity (Wildman–Crippen MR) is 112 cm³/mol. The van der Waals surface area contributed by atoms with Crippen molar-refractivity contribution < 1.29 is 19.1 Å². The van der Waals surface area contributed by atoms with E-state index in [1.165, 1.54) is 0 Å². The average Bonchev–Trinajstić information content (AvgIpc) is 2.60. The fraction of sp³-hybridized carbons (Fsp3) is 0.600. The lowest BCUT2D eigenvalue weighted by Crippen LogP contribution is -2.52. The summed E-state index contributed by atoms with van der Waals surface area (Å²) in [6.45, 7) is 9.38. The van der Waals surface area contributed by atoms with Crippen molar-refractivity contribution in [3.63, 3.8) is 0 Å². The molecule has 0 saturated heterocycles. The molecule has 0 aromatic heterocycles. The molecule has 2 amide bonds. The van der Waals surface area contributed by atoms with Crippen LogP contribution in [0.2, 0.25) is 10.0 Å². The summed E-state index contributed by atoms with van der Waals surface area (Å²) in [5.74, 6) is -0.374. The van der Waals surface area contributed by atoms with Gasteiger partial charge in [-0.3, -0.25) is 4.79 Å². The molecule has 0 spiro atoms. The van der Waals surface area contributed by atoms with Crippen LogP contribution in [0.1, 0.15) is 52.7 Å². The van der Waals surface area contributed by atoms with Gasteiger partial charge in [-0.15, -0.1) is 0 Å². The van der Waals surface area contributed by atoms with Crippen molar-refractivity contribution in [2.45, 2.75) is 58.8 Å². The topological polar surface area (TPSA) is 76.7 Å². The van der Waals surface area contributed by atoms with Crippen LogP contribution in [0.4, 0.5) is 4.79 Å². The van der Waals surface area contributed by atoms with Gasteiger partial charge in [-0.05, 0) is 44.4 Å².